The fourth-order valence-electron chi connectivity index (χ4n) is 2.51. The Bertz CT molecular complexity index is 681. The molecular weight excluding hydrogens is 294 g/mol. The first-order valence-electron chi connectivity index (χ1n) is 6.55. The van der Waals surface area contributed by atoms with Crippen LogP contribution in [0.2, 0.25) is 5.02 Å². The Morgan fingerprint density at radius 2 is 2.30 bits per heavy atom. The first-order valence-corrected chi connectivity index (χ1v) is 7.74. The highest BCUT2D eigenvalue weighted by atomic mass is 35.5. The maximum Gasteiger partial charge on any atom is 0.312 e. The summed E-state index contributed by atoms with van der Waals surface area (Å²) in [6.07, 6.45) is 2.52. The van der Waals surface area contributed by atoms with Crippen LogP contribution in [0.25, 0.3) is 10.6 Å². The van der Waals surface area contributed by atoms with Crippen molar-refractivity contribution in [3.05, 3.63) is 39.4 Å². The molecular formula is C15H14ClNO2S. The number of halogens is 1. The van der Waals surface area contributed by atoms with E-state index in [1.54, 1.807) is 11.3 Å². The van der Waals surface area contributed by atoms with Crippen LogP contribution in [0, 0.1) is 6.92 Å². The van der Waals surface area contributed by atoms with Gasteiger partial charge in [-0.2, -0.15) is 0 Å². The quantitative estimate of drug-likeness (QED) is 0.901. The van der Waals surface area contributed by atoms with Gasteiger partial charge in [-0.25, -0.2) is 4.98 Å². The number of fused-ring (bicyclic) bond motifs is 1. The number of carboxylic acids is 1. The van der Waals surface area contributed by atoms with Crippen LogP contribution in [-0.2, 0) is 11.2 Å². The molecule has 0 fully saturated rings. The van der Waals surface area contributed by atoms with Crippen molar-refractivity contribution in [3.63, 3.8) is 0 Å². The van der Waals surface area contributed by atoms with Gasteiger partial charge in [0, 0.05) is 15.5 Å². The molecule has 1 aliphatic rings. The molecule has 1 atom stereocenters. The van der Waals surface area contributed by atoms with Crippen LogP contribution in [0.15, 0.2) is 18.2 Å². The molecule has 1 aliphatic carbocycles. The predicted octanol–water partition coefficient (Wildman–Crippen LogP) is 4.28. The Hall–Kier alpha value is -1.39. The second-order valence-corrected chi connectivity index (χ2v) is 6.57. The lowest BCUT2D eigenvalue weighted by Gasteiger charge is -2.16. The van der Waals surface area contributed by atoms with Gasteiger partial charge < -0.3 is 5.11 Å². The third-order valence-corrected chi connectivity index (χ3v) is 5.26. The number of aryl methyl sites for hydroxylation is 2. The highest BCUT2D eigenvalue weighted by molar-refractivity contribution is 7.15. The standard InChI is InChI=1S/C15H14ClNO2S/c1-8-5-6-9(7-11(8)16)14-17-13-10(15(18)19)3-2-4-12(13)20-14/h5-7,10H,2-4H2,1H3,(H,18,19). The lowest BCUT2D eigenvalue weighted by molar-refractivity contribution is -0.139. The van der Waals surface area contributed by atoms with Crippen molar-refractivity contribution in [3.8, 4) is 10.6 Å². The first-order chi connectivity index (χ1) is 9.56. The van der Waals surface area contributed by atoms with Gasteiger partial charge in [-0.1, -0.05) is 23.7 Å². The molecule has 0 aliphatic heterocycles. The van der Waals surface area contributed by atoms with Gasteiger partial charge in [0.25, 0.3) is 0 Å². The van der Waals surface area contributed by atoms with Gasteiger partial charge in [-0.15, -0.1) is 11.3 Å². The van der Waals surface area contributed by atoms with Crippen LogP contribution in [0.1, 0.15) is 34.9 Å². The summed E-state index contributed by atoms with van der Waals surface area (Å²) in [5, 5.41) is 10.9. The summed E-state index contributed by atoms with van der Waals surface area (Å²) in [4.78, 5) is 17.0. The smallest absolute Gasteiger partial charge is 0.312 e. The highest BCUT2D eigenvalue weighted by Gasteiger charge is 2.30. The monoisotopic (exact) mass is 307 g/mol. The van der Waals surface area contributed by atoms with Crippen LogP contribution in [0.3, 0.4) is 0 Å². The minimum absolute atomic E-state index is 0.454. The number of carboxylic acid groups (broad SMARTS) is 1. The van der Waals surface area contributed by atoms with Gasteiger partial charge in [-0.05, 0) is 37.8 Å². The fourth-order valence-corrected chi connectivity index (χ4v) is 3.85. The van der Waals surface area contributed by atoms with Gasteiger partial charge in [0.05, 0.1) is 11.6 Å². The van der Waals surface area contributed by atoms with E-state index >= 15 is 0 Å². The molecule has 0 bridgehead atoms. The number of benzene rings is 1. The van der Waals surface area contributed by atoms with E-state index in [1.807, 2.05) is 25.1 Å². The summed E-state index contributed by atoms with van der Waals surface area (Å²) in [6.45, 7) is 1.96. The van der Waals surface area contributed by atoms with E-state index < -0.39 is 11.9 Å². The zero-order valence-corrected chi connectivity index (χ0v) is 12.6. The van der Waals surface area contributed by atoms with E-state index in [2.05, 4.69) is 4.98 Å². The van der Waals surface area contributed by atoms with Crippen molar-refractivity contribution < 1.29 is 9.90 Å². The van der Waals surface area contributed by atoms with Gasteiger partial charge in [-0.3, -0.25) is 4.79 Å². The largest absolute Gasteiger partial charge is 0.481 e. The molecule has 20 heavy (non-hydrogen) atoms. The van der Waals surface area contributed by atoms with Crippen molar-refractivity contribution in [1.29, 1.82) is 0 Å². The molecule has 1 unspecified atom stereocenters. The zero-order valence-electron chi connectivity index (χ0n) is 11.0. The SMILES string of the molecule is Cc1ccc(-c2nc3c(s2)CCCC3C(=O)O)cc1Cl. The van der Waals surface area contributed by atoms with Crippen LogP contribution < -0.4 is 0 Å². The number of thiazole rings is 1. The summed E-state index contributed by atoms with van der Waals surface area (Å²) in [7, 11) is 0. The summed E-state index contributed by atoms with van der Waals surface area (Å²) in [6, 6.07) is 5.85. The average molecular weight is 308 g/mol. The molecule has 1 heterocycles. The van der Waals surface area contributed by atoms with Gasteiger partial charge in [0.2, 0.25) is 0 Å². The van der Waals surface area contributed by atoms with E-state index in [4.69, 9.17) is 11.6 Å². The number of aromatic nitrogens is 1. The van der Waals surface area contributed by atoms with E-state index in [1.165, 1.54) is 0 Å². The highest BCUT2D eigenvalue weighted by Crippen LogP contribution is 2.38. The first kappa shape index (κ1) is 13.6. The van der Waals surface area contributed by atoms with Crippen molar-refractivity contribution in [2.45, 2.75) is 32.1 Å². The number of rotatable bonds is 2. The number of nitrogens with zero attached hydrogens (tertiary/aromatic N) is 1. The molecule has 5 heteroatoms. The minimum atomic E-state index is -0.773. The number of carbonyl (C=O) groups is 1. The van der Waals surface area contributed by atoms with Gasteiger partial charge >= 0.3 is 5.97 Å². The Morgan fingerprint density at radius 1 is 1.50 bits per heavy atom. The third-order valence-electron chi connectivity index (χ3n) is 3.67. The van der Waals surface area contributed by atoms with Crippen LogP contribution in [-0.4, -0.2) is 16.1 Å². The summed E-state index contributed by atoms with van der Waals surface area (Å²) in [5.41, 5.74) is 2.74. The van der Waals surface area contributed by atoms with Gasteiger partial charge in [0.15, 0.2) is 0 Å². The van der Waals surface area contributed by atoms with Crippen LogP contribution in [0.5, 0.6) is 0 Å². The topological polar surface area (TPSA) is 50.2 Å². The number of hydrogen-bond acceptors (Lipinski definition) is 3. The normalized spacial score (nSPS) is 17.8. The summed E-state index contributed by atoms with van der Waals surface area (Å²) >= 11 is 7.74. The molecule has 0 radical (unpaired) electrons. The van der Waals surface area contributed by atoms with E-state index in [-0.39, 0.29) is 0 Å². The average Bonchev–Trinajstić information content (AvgIpc) is 2.85. The van der Waals surface area contributed by atoms with E-state index in [0.29, 0.717) is 11.4 Å². The maximum atomic E-state index is 11.3. The molecule has 1 aromatic heterocycles. The zero-order chi connectivity index (χ0) is 14.3. The third kappa shape index (κ3) is 2.34. The van der Waals surface area contributed by atoms with Crippen molar-refractivity contribution in [2.24, 2.45) is 0 Å². The Morgan fingerprint density at radius 3 is 3.00 bits per heavy atom. The van der Waals surface area contributed by atoms with Crippen LogP contribution in [0.4, 0.5) is 0 Å². The van der Waals surface area contributed by atoms with Crippen molar-refractivity contribution in [2.75, 3.05) is 0 Å². The molecule has 0 saturated carbocycles. The molecule has 2 aromatic rings. The number of aliphatic carboxylic acids is 1. The number of hydrogen-bond donors (Lipinski definition) is 1. The molecule has 1 aromatic carbocycles. The molecule has 3 nitrogen and oxygen atoms in total. The van der Waals surface area contributed by atoms with E-state index in [9.17, 15) is 9.90 Å². The molecule has 1 N–H and O–H groups in total. The summed E-state index contributed by atoms with van der Waals surface area (Å²) in [5.74, 6) is -1.23. The maximum absolute atomic E-state index is 11.3. The van der Waals surface area contributed by atoms with Crippen LogP contribution >= 0.6 is 22.9 Å². The Kier molecular flexibility index (Phi) is 3.52. The second kappa shape index (κ2) is 5.19. The lowest BCUT2D eigenvalue weighted by Crippen LogP contribution is -2.17. The Balaban J connectivity index is 2.04. The minimum Gasteiger partial charge on any atom is -0.481 e. The molecule has 0 amide bonds. The second-order valence-electron chi connectivity index (χ2n) is 5.07. The fraction of sp³-hybridized carbons (Fsp3) is 0.333. The predicted molar refractivity (Wildman–Crippen MR) is 80.6 cm³/mol. The molecule has 3 rings (SSSR count). The molecule has 0 saturated heterocycles. The summed E-state index contributed by atoms with van der Waals surface area (Å²) < 4.78 is 0. The Labute approximate surface area is 126 Å². The van der Waals surface area contributed by atoms with Crippen molar-refractivity contribution >= 4 is 28.9 Å². The lowest BCUT2D eigenvalue weighted by atomic mass is 9.91. The molecule has 0 spiro atoms. The van der Waals surface area contributed by atoms with E-state index in [0.717, 1.165) is 39.5 Å². The molecule has 104 valence electrons. The van der Waals surface area contributed by atoms with Gasteiger partial charge in [0.1, 0.15) is 5.01 Å². The van der Waals surface area contributed by atoms with Crippen molar-refractivity contribution in [1.82, 2.24) is 4.98 Å².